The molecule has 0 saturated heterocycles. The minimum absolute atomic E-state index is 0.210. The summed E-state index contributed by atoms with van der Waals surface area (Å²) >= 11 is 0. The maximum Gasteiger partial charge on any atom is 0.313 e. The van der Waals surface area contributed by atoms with E-state index in [9.17, 15) is 4.79 Å². The van der Waals surface area contributed by atoms with Gasteiger partial charge in [0.15, 0.2) is 0 Å². The van der Waals surface area contributed by atoms with Crippen molar-refractivity contribution in [3.05, 3.63) is 72.5 Å². The van der Waals surface area contributed by atoms with Gasteiger partial charge >= 0.3 is 5.97 Å². The SMILES string of the molecule is CCC(=O)Oc1occc1-c1cccc(OCc2ccccc2)c1. The van der Waals surface area contributed by atoms with E-state index in [4.69, 9.17) is 13.9 Å². The van der Waals surface area contributed by atoms with Crippen molar-refractivity contribution in [2.24, 2.45) is 0 Å². The second-order valence-electron chi connectivity index (χ2n) is 5.25. The second-order valence-corrected chi connectivity index (χ2v) is 5.25. The first-order valence-electron chi connectivity index (χ1n) is 7.81. The Hall–Kier alpha value is -3.01. The molecular formula is C20H18O4. The van der Waals surface area contributed by atoms with Gasteiger partial charge in [-0.15, -0.1) is 0 Å². The third-order valence-corrected chi connectivity index (χ3v) is 3.52. The van der Waals surface area contributed by atoms with Crippen LogP contribution in [0.4, 0.5) is 0 Å². The Balaban J connectivity index is 1.76. The molecule has 3 rings (SSSR count). The first kappa shape index (κ1) is 15.9. The average molecular weight is 322 g/mol. The van der Waals surface area contributed by atoms with Crippen LogP contribution in [0.5, 0.6) is 11.7 Å². The van der Waals surface area contributed by atoms with E-state index in [-0.39, 0.29) is 11.9 Å². The van der Waals surface area contributed by atoms with E-state index in [1.165, 1.54) is 6.26 Å². The number of furan rings is 1. The summed E-state index contributed by atoms with van der Waals surface area (Å²) in [5.41, 5.74) is 2.69. The fourth-order valence-electron chi connectivity index (χ4n) is 2.26. The lowest BCUT2D eigenvalue weighted by molar-refractivity contribution is -0.135. The lowest BCUT2D eigenvalue weighted by Gasteiger charge is -2.08. The summed E-state index contributed by atoms with van der Waals surface area (Å²) in [6.07, 6.45) is 1.80. The smallest absolute Gasteiger partial charge is 0.313 e. The molecule has 122 valence electrons. The molecule has 3 aromatic rings. The summed E-state index contributed by atoms with van der Waals surface area (Å²) in [5.74, 6) is 0.620. The minimum atomic E-state index is -0.331. The number of ether oxygens (including phenoxy) is 2. The summed E-state index contributed by atoms with van der Waals surface area (Å²) in [4.78, 5) is 11.5. The number of benzene rings is 2. The van der Waals surface area contributed by atoms with Crippen LogP contribution < -0.4 is 9.47 Å². The van der Waals surface area contributed by atoms with Crippen molar-refractivity contribution in [3.63, 3.8) is 0 Å². The molecule has 0 aliphatic heterocycles. The Labute approximate surface area is 140 Å². The summed E-state index contributed by atoms with van der Waals surface area (Å²) in [7, 11) is 0. The first-order valence-corrected chi connectivity index (χ1v) is 7.81. The highest BCUT2D eigenvalue weighted by Gasteiger charge is 2.14. The largest absolute Gasteiger partial charge is 0.489 e. The van der Waals surface area contributed by atoms with Crippen molar-refractivity contribution in [2.45, 2.75) is 20.0 Å². The van der Waals surface area contributed by atoms with Crippen LogP contribution in [0.3, 0.4) is 0 Å². The zero-order valence-electron chi connectivity index (χ0n) is 13.4. The molecule has 24 heavy (non-hydrogen) atoms. The number of hydrogen-bond donors (Lipinski definition) is 0. The Kier molecular flexibility index (Phi) is 4.96. The van der Waals surface area contributed by atoms with Crippen molar-refractivity contribution in [2.75, 3.05) is 0 Å². The van der Waals surface area contributed by atoms with Gasteiger partial charge in [0.05, 0.1) is 11.8 Å². The molecule has 0 radical (unpaired) electrons. The molecule has 0 aliphatic carbocycles. The van der Waals surface area contributed by atoms with Crippen molar-refractivity contribution in [3.8, 4) is 22.8 Å². The first-order chi connectivity index (χ1) is 11.8. The topological polar surface area (TPSA) is 48.7 Å². The average Bonchev–Trinajstić information content (AvgIpc) is 3.09. The fraction of sp³-hybridized carbons (Fsp3) is 0.150. The molecular weight excluding hydrogens is 304 g/mol. The zero-order chi connectivity index (χ0) is 16.8. The molecule has 0 amide bonds. The third-order valence-electron chi connectivity index (χ3n) is 3.52. The third kappa shape index (κ3) is 3.84. The van der Waals surface area contributed by atoms with Gasteiger partial charge < -0.3 is 13.9 Å². The molecule has 4 nitrogen and oxygen atoms in total. The highest BCUT2D eigenvalue weighted by atomic mass is 16.6. The second kappa shape index (κ2) is 7.51. The summed E-state index contributed by atoms with van der Waals surface area (Å²) in [5, 5.41) is 0. The van der Waals surface area contributed by atoms with Gasteiger partial charge in [0.2, 0.25) is 0 Å². The van der Waals surface area contributed by atoms with Gasteiger partial charge in [-0.2, -0.15) is 0 Å². The normalized spacial score (nSPS) is 10.4. The minimum Gasteiger partial charge on any atom is -0.489 e. The Morgan fingerprint density at radius 1 is 1.04 bits per heavy atom. The van der Waals surface area contributed by atoms with Crippen LogP contribution in [0.2, 0.25) is 0 Å². The molecule has 0 N–H and O–H groups in total. The summed E-state index contributed by atoms with van der Waals surface area (Å²) < 4.78 is 16.3. The van der Waals surface area contributed by atoms with Crippen molar-refractivity contribution in [1.29, 1.82) is 0 Å². The molecule has 1 heterocycles. The zero-order valence-corrected chi connectivity index (χ0v) is 13.4. The number of hydrogen-bond acceptors (Lipinski definition) is 4. The predicted octanol–water partition coefficient (Wildman–Crippen LogP) is 4.84. The Morgan fingerprint density at radius 3 is 2.67 bits per heavy atom. The molecule has 0 saturated carbocycles. The van der Waals surface area contributed by atoms with Crippen LogP contribution in [0, 0.1) is 0 Å². The molecule has 0 fully saturated rings. The predicted molar refractivity (Wildman–Crippen MR) is 90.8 cm³/mol. The summed E-state index contributed by atoms with van der Waals surface area (Å²) in [6, 6.07) is 19.4. The highest BCUT2D eigenvalue weighted by molar-refractivity contribution is 5.76. The fourth-order valence-corrected chi connectivity index (χ4v) is 2.26. The van der Waals surface area contributed by atoms with Gasteiger partial charge in [-0.3, -0.25) is 4.79 Å². The Bertz CT molecular complexity index is 805. The number of rotatable bonds is 6. The summed E-state index contributed by atoms with van der Waals surface area (Å²) in [6.45, 7) is 2.23. The molecule has 0 unspecified atom stereocenters. The molecule has 0 aliphatic rings. The van der Waals surface area contributed by atoms with Gasteiger partial charge in [0.25, 0.3) is 5.95 Å². The maximum absolute atomic E-state index is 11.5. The van der Waals surface area contributed by atoms with E-state index in [0.717, 1.165) is 22.4 Å². The molecule has 4 heteroatoms. The van der Waals surface area contributed by atoms with Gasteiger partial charge in [-0.1, -0.05) is 49.4 Å². The lowest BCUT2D eigenvalue weighted by Crippen LogP contribution is -2.05. The van der Waals surface area contributed by atoms with Crippen LogP contribution in [-0.2, 0) is 11.4 Å². The monoisotopic (exact) mass is 322 g/mol. The van der Waals surface area contributed by atoms with Crippen LogP contribution in [0.15, 0.2) is 71.3 Å². The van der Waals surface area contributed by atoms with E-state index < -0.39 is 0 Å². The number of carbonyl (C=O) groups is 1. The molecule has 1 aromatic heterocycles. The van der Waals surface area contributed by atoms with Crippen LogP contribution >= 0.6 is 0 Å². The van der Waals surface area contributed by atoms with E-state index in [0.29, 0.717) is 13.0 Å². The van der Waals surface area contributed by atoms with Crippen LogP contribution in [-0.4, -0.2) is 5.97 Å². The van der Waals surface area contributed by atoms with Gasteiger partial charge in [0, 0.05) is 6.42 Å². The van der Waals surface area contributed by atoms with Crippen molar-refractivity contribution >= 4 is 5.97 Å². The van der Waals surface area contributed by atoms with Gasteiger partial charge in [0.1, 0.15) is 12.4 Å². The Morgan fingerprint density at radius 2 is 1.88 bits per heavy atom. The van der Waals surface area contributed by atoms with Gasteiger partial charge in [-0.25, -0.2) is 0 Å². The van der Waals surface area contributed by atoms with Crippen molar-refractivity contribution in [1.82, 2.24) is 0 Å². The quantitative estimate of drug-likeness (QED) is 0.609. The molecule has 0 atom stereocenters. The van der Waals surface area contributed by atoms with E-state index in [1.807, 2.05) is 54.6 Å². The standard InChI is InChI=1S/C20H18O4/c1-2-19(21)24-20-18(11-12-22-20)16-9-6-10-17(13-16)23-14-15-7-4-3-5-8-15/h3-13H,2,14H2,1H3. The van der Waals surface area contributed by atoms with Crippen LogP contribution in [0.25, 0.3) is 11.1 Å². The van der Waals surface area contributed by atoms with Crippen molar-refractivity contribution < 1.29 is 18.7 Å². The number of esters is 1. The molecule has 0 spiro atoms. The van der Waals surface area contributed by atoms with Gasteiger partial charge in [-0.05, 0) is 29.3 Å². The maximum atomic E-state index is 11.5. The highest BCUT2D eigenvalue weighted by Crippen LogP contribution is 2.33. The lowest BCUT2D eigenvalue weighted by atomic mass is 10.1. The number of carbonyl (C=O) groups excluding carboxylic acids is 1. The molecule has 2 aromatic carbocycles. The van der Waals surface area contributed by atoms with E-state index in [1.54, 1.807) is 13.0 Å². The molecule has 0 bridgehead atoms. The van der Waals surface area contributed by atoms with E-state index >= 15 is 0 Å². The van der Waals surface area contributed by atoms with E-state index in [2.05, 4.69) is 0 Å². The van der Waals surface area contributed by atoms with Crippen LogP contribution in [0.1, 0.15) is 18.9 Å².